The molecule has 0 fully saturated rings. The quantitative estimate of drug-likeness (QED) is 0.222. The summed E-state index contributed by atoms with van der Waals surface area (Å²) in [5.41, 5.74) is 2.28. The largest absolute Gasteiger partial charge is 1.00 e. The number of aryl methyl sites for hydroxylation is 2. The predicted octanol–water partition coefficient (Wildman–Crippen LogP) is 0.667. The van der Waals surface area contributed by atoms with Crippen LogP contribution in [0.15, 0.2) is 0 Å². The van der Waals surface area contributed by atoms with Gasteiger partial charge < -0.3 is 9.97 Å². The van der Waals surface area contributed by atoms with E-state index in [1.807, 2.05) is 39.5 Å². The van der Waals surface area contributed by atoms with Crippen LogP contribution in [0.25, 0.3) is 0 Å². The Morgan fingerprint density at radius 2 is 1.90 bits per heavy atom. The topological polar surface area (TPSA) is 29.0 Å². The fourth-order valence-electron chi connectivity index (χ4n) is 2.92. The summed E-state index contributed by atoms with van der Waals surface area (Å²) < 4.78 is 15.4. The molecule has 0 spiro atoms. The van der Waals surface area contributed by atoms with Crippen LogP contribution in [-0.2, 0) is 5.79 Å². The molecular weight excluding hydrogens is 395 g/mol. The van der Waals surface area contributed by atoms with Crippen LogP contribution in [-0.4, -0.2) is 25.0 Å². The fraction of sp³-hybridized carbons (Fsp3) is 0.643. The standard InChI is InChI=1S/C14H20FIN3.K/c1-7(2)19-13(16)8(3)11-9(4)17-10(5)18-12(11)14(19,6)15;/h7,13H,1-6H3;/q-1;+1. The molecule has 3 nitrogen and oxygen atoms in total. The van der Waals surface area contributed by atoms with Crippen molar-refractivity contribution < 1.29 is 55.8 Å². The minimum absolute atomic E-state index is 0. The zero-order valence-corrected chi connectivity index (χ0v) is 18.5. The molecule has 20 heavy (non-hydrogen) atoms. The van der Waals surface area contributed by atoms with Crippen molar-refractivity contribution in [3.8, 4) is 0 Å². The van der Waals surface area contributed by atoms with Crippen LogP contribution in [0.5, 0.6) is 0 Å². The summed E-state index contributed by atoms with van der Waals surface area (Å²) in [5, 5.41) is 0. The van der Waals surface area contributed by atoms with Gasteiger partial charge in [-0.3, -0.25) is 4.90 Å². The van der Waals surface area contributed by atoms with Crippen LogP contribution in [0, 0.1) is 19.8 Å². The number of fused-ring (bicyclic) bond motifs is 1. The van der Waals surface area contributed by atoms with E-state index in [4.69, 9.17) is 0 Å². The summed E-state index contributed by atoms with van der Waals surface area (Å²) in [6.45, 7) is 11.4. The molecule has 1 aromatic rings. The van der Waals surface area contributed by atoms with Gasteiger partial charge in [-0.2, -0.15) is 0 Å². The summed E-state index contributed by atoms with van der Waals surface area (Å²) in [7, 11) is 0. The second-order valence-electron chi connectivity index (χ2n) is 5.55. The van der Waals surface area contributed by atoms with Crippen molar-refractivity contribution in [2.45, 2.75) is 57.4 Å². The zero-order valence-electron chi connectivity index (χ0n) is 13.3. The van der Waals surface area contributed by atoms with Gasteiger partial charge in [-0.15, -0.1) is 11.5 Å². The Morgan fingerprint density at radius 3 is 2.40 bits per heavy atom. The number of rotatable bonds is 1. The van der Waals surface area contributed by atoms with Gasteiger partial charge in [-0.1, -0.05) is 42.1 Å². The predicted molar refractivity (Wildman–Crippen MR) is 82.8 cm³/mol. The van der Waals surface area contributed by atoms with Gasteiger partial charge in [0.2, 0.25) is 0 Å². The maximum Gasteiger partial charge on any atom is 1.00 e. The first-order chi connectivity index (χ1) is 8.67. The summed E-state index contributed by atoms with van der Waals surface area (Å²) in [4.78, 5) is 10.7. The Morgan fingerprint density at radius 1 is 1.35 bits per heavy atom. The molecule has 0 N–H and O–H groups in total. The molecule has 0 saturated carbocycles. The third kappa shape index (κ3) is 3.12. The molecule has 1 aliphatic rings. The van der Waals surface area contributed by atoms with Crippen LogP contribution in [0.2, 0.25) is 0 Å². The number of alkyl halides is 2. The van der Waals surface area contributed by atoms with E-state index in [1.165, 1.54) is 0 Å². The van der Waals surface area contributed by atoms with Crippen LogP contribution in [0.4, 0.5) is 4.39 Å². The molecule has 1 aliphatic heterocycles. The molecular formula is C14H20FIKN3. The van der Waals surface area contributed by atoms with Crippen LogP contribution >= 0.6 is 22.6 Å². The molecule has 0 aromatic carbocycles. The van der Waals surface area contributed by atoms with E-state index in [-0.39, 0.29) is 61.5 Å². The van der Waals surface area contributed by atoms with Crippen molar-refractivity contribution in [1.29, 1.82) is 0 Å². The molecule has 2 heterocycles. The number of nitrogens with zero attached hydrogens (tertiary/aromatic N) is 3. The maximum absolute atomic E-state index is 15.4. The van der Waals surface area contributed by atoms with Gasteiger partial charge in [0.05, 0.1) is 5.82 Å². The molecule has 6 heteroatoms. The molecule has 106 valence electrons. The Balaban J connectivity index is 0.00000200. The van der Waals surface area contributed by atoms with E-state index in [2.05, 4.69) is 32.6 Å². The van der Waals surface area contributed by atoms with Crippen molar-refractivity contribution in [3.05, 3.63) is 28.7 Å². The minimum Gasteiger partial charge on any atom is -0.305 e. The van der Waals surface area contributed by atoms with E-state index in [9.17, 15) is 0 Å². The van der Waals surface area contributed by atoms with Gasteiger partial charge in [0.1, 0.15) is 0 Å². The first-order valence-electron chi connectivity index (χ1n) is 6.49. The Hall–Kier alpha value is 1.21. The summed E-state index contributed by atoms with van der Waals surface area (Å²) in [6, 6.07) is 0.107. The summed E-state index contributed by atoms with van der Waals surface area (Å²) in [5.74, 6) is 0.202. The van der Waals surface area contributed by atoms with Crippen molar-refractivity contribution in [3.63, 3.8) is 0 Å². The van der Waals surface area contributed by atoms with Gasteiger partial charge in [0, 0.05) is 10.1 Å². The normalized spacial score (nSPS) is 26.4. The molecule has 0 aliphatic carbocycles. The summed E-state index contributed by atoms with van der Waals surface area (Å²) in [6.07, 6.45) is 0. The molecule has 2 rings (SSSR count). The number of hydrogen-bond acceptors (Lipinski definition) is 3. The maximum atomic E-state index is 15.4. The molecule has 0 saturated heterocycles. The zero-order chi connectivity index (χ0) is 14.5. The average molecular weight is 415 g/mol. The SMILES string of the molecule is Cc1nc(C)c2c(n1)C(C)(F)N(C(C)C)C(I)[C-]2C.[K+]. The second-order valence-corrected chi connectivity index (χ2v) is 6.73. The van der Waals surface area contributed by atoms with E-state index in [0.717, 1.165) is 17.2 Å². The van der Waals surface area contributed by atoms with Gasteiger partial charge in [-0.05, 0) is 33.4 Å². The molecule has 2 unspecified atom stereocenters. The van der Waals surface area contributed by atoms with E-state index in [1.54, 1.807) is 6.92 Å². The minimum atomic E-state index is -1.56. The van der Waals surface area contributed by atoms with Crippen molar-refractivity contribution in [2.24, 2.45) is 0 Å². The second kappa shape index (κ2) is 6.76. The number of aromatic nitrogens is 2. The van der Waals surface area contributed by atoms with Crippen molar-refractivity contribution in [1.82, 2.24) is 14.9 Å². The van der Waals surface area contributed by atoms with Gasteiger partial charge in [0.15, 0.2) is 5.79 Å². The molecule has 0 bridgehead atoms. The van der Waals surface area contributed by atoms with Crippen molar-refractivity contribution in [2.75, 3.05) is 0 Å². The van der Waals surface area contributed by atoms with Crippen LogP contribution in [0.3, 0.4) is 0 Å². The Bertz CT molecular complexity index is 507. The smallest absolute Gasteiger partial charge is 0.305 e. The molecule has 2 atom stereocenters. The van der Waals surface area contributed by atoms with Crippen molar-refractivity contribution >= 4 is 22.6 Å². The van der Waals surface area contributed by atoms with Crippen LogP contribution < -0.4 is 51.4 Å². The van der Waals surface area contributed by atoms with Crippen LogP contribution in [0.1, 0.15) is 50.5 Å². The van der Waals surface area contributed by atoms with E-state index in [0.29, 0.717) is 11.5 Å². The third-order valence-electron chi connectivity index (χ3n) is 3.67. The Labute approximate surface area is 177 Å². The Kier molecular flexibility index (Phi) is 6.51. The van der Waals surface area contributed by atoms with E-state index >= 15 is 4.39 Å². The molecule has 0 amide bonds. The molecule has 1 aromatic heterocycles. The van der Waals surface area contributed by atoms with E-state index < -0.39 is 5.79 Å². The van der Waals surface area contributed by atoms with Gasteiger partial charge in [0.25, 0.3) is 0 Å². The van der Waals surface area contributed by atoms with Gasteiger partial charge in [-0.25, -0.2) is 4.39 Å². The monoisotopic (exact) mass is 415 g/mol. The number of hydrogen-bond donors (Lipinski definition) is 0. The van der Waals surface area contributed by atoms with Gasteiger partial charge >= 0.3 is 51.4 Å². The first-order valence-corrected chi connectivity index (χ1v) is 7.73. The summed E-state index contributed by atoms with van der Waals surface area (Å²) >= 11 is 2.30. The molecule has 0 radical (unpaired) electrons. The average Bonchev–Trinajstić information content (AvgIpc) is 2.24. The third-order valence-corrected chi connectivity index (χ3v) is 5.21. The fourth-order valence-corrected chi connectivity index (χ4v) is 4.40. The first kappa shape index (κ1) is 19.3. The number of halogens is 2.